The number of benzene rings is 2. The van der Waals surface area contributed by atoms with Crippen LogP contribution in [0.25, 0.3) is 0 Å². The minimum atomic E-state index is 0.740. The Morgan fingerprint density at radius 3 is 2.44 bits per heavy atom. The van der Waals surface area contributed by atoms with Crippen molar-refractivity contribution in [3.8, 4) is 5.75 Å². The molecule has 0 saturated heterocycles. The predicted octanol–water partition coefficient (Wildman–Crippen LogP) is 3.80. The van der Waals surface area contributed by atoms with Crippen molar-refractivity contribution < 1.29 is 4.74 Å². The largest absolute Gasteiger partial charge is 0.494 e. The Morgan fingerprint density at radius 2 is 1.78 bits per heavy atom. The second-order valence-corrected chi connectivity index (χ2v) is 4.09. The average molecular weight is 242 g/mol. The molecule has 3 nitrogen and oxygen atoms in total. The van der Waals surface area contributed by atoms with E-state index in [1.807, 2.05) is 48.5 Å². The highest BCUT2D eigenvalue weighted by Crippen LogP contribution is 2.24. The molecule has 0 amide bonds. The van der Waals surface area contributed by atoms with E-state index in [9.17, 15) is 0 Å². The molecule has 3 heteroatoms. The number of para-hydroxylation sites is 2. The average Bonchev–Trinajstić information content (AvgIpc) is 2.41. The van der Waals surface area contributed by atoms with Gasteiger partial charge in [-0.2, -0.15) is 0 Å². The van der Waals surface area contributed by atoms with Crippen LogP contribution in [-0.2, 0) is 0 Å². The molecule has 0 aliphatic carbocycles. The van der Waals surface area contributed by atoms with E-state index in [0.717, 1.165) is 35.8 Å². The van der Waals surface area contributed by atoms with Crippen LogP contribution in [0.3, 0.4) is 0 Å². The Morgan fingerprint density at radius 1 is 1.06 bits per heavy atom. The van der Waals surface area contributed by atoms with E-state index in [1.165, 1.54) is 0 Å². The van der Waals surface area contributed by atoms with Crippen molar-refractivity contribution in [3.63, 3.8) is 0 Å². The van der Waals surface area contributed by atoms with Crippen LogP contribution >= 0.6 is 0 Å². The van der Waals surface area contributed by atoms with E-state index >= 15 is 0 Å². The molecule has 0 bridgehead atoms. The summed E-state index contributed by atoms with van der Waals surface area (Å²) < 4.78 is 5.53. The van der Waals surface area contributed by atoms with Crippen LogP contribution in [0.5, 0.6) is 5.75 Å². The first-order chi connectivity index (χ1) is 8.79. The van der Waals surface area contributed by atoms with Gasteiger partial charge in [0.2, 0.25) is 0 Å². The zero-order chi connectivity index (χ0) is 12.8. The number of hydrogen-bond acceptors (Lipinski definition) is 3. The third kappa shape index (κ3) is 3.17. The summed E-state index contributed by atoms with van der Waals surface area (Å²) in [4.78, 5) is 0. The van der Waals surface area contributed by atoms with Crippen molar-refractivity contribution in [1.29, 1.82) is 0 Å². The minimum Gasteiger partial charge on any atom is -0.494 e. The molecule has 2 aromatic rings. The first-order valence-electron chi connectivity index (χ1n) is 6.14. The molecule has 0 spiro atoms. The summed E-state index contributed by atoms with van der Waals surface area (Å²) in [6, 6.07) is 15.6. The number of hydrogen-bond donors (Lipinski definition) is 2. The normalized spacial score (nSPS) is 10.1. The molecule has 0 unspecified atom stereocenters. The van der Waals surface area contributed by atoms with E-state index < -0.39 is 0 Å². The highest BCUT2D eigenvalue weighted by Gasteiger charge is 1.99. The Bertz CT molecular complexity index is 494. The van der Waals surface area contributed by atoms with Gasteiger partial charge >= 0.3 is 0 Å². The lowest BCUT2D eigenvalue weighted by molar-refractivity contribution is 0.317. The summed E-state index contributed by atoms with van der Waals surface area (Å²) in [5.74, 6) is 0.892. The minimum absolute atomic E-state index is 0.740. The van der Waals surface area contributed by atoms with Gasteiger partial charge in [-0.15, -0.1) is 0 Å². The summed E-state index contributed by atoms with van der Waals surface area (Å²) in [5.41, 5.74) is 8.53. The lowest BCUT2D eigenvalue weighted by Gasteiger charge is -2.10. The van der Waals surface area contributed by atoms with Crippen molar-refractivity contribution in [1.82, 2.24) is 0 Å². The molecule has 2 rings (SSSR count). The second kappa shape index (κ2) is 5.96. The van der Waals surface area contributed by atoms with Gasteiger partial charge in [0.25, 0.3) is 0 Å². The van der Waals surface area contributed by atoms with Crippen LogP contribution < -0.4 is 15.8 Å². The topological polar surface area (TPSA) is 47.3 Å². The van der Waals surface area contributed by atoms with Crippen LogP contribution in [0.2, 0.25) is 0 Å². The molecule has 18 heavy (non-hydrogen) atoms. The lowest BCUT2D eigenvalue weighted by Crippen LogP contribution is -1.97. The van der Waals surface area contributed by atoms with Gasteiger partial charge in [0, 0.05) is 5.69 Å². The van der Waals surface area contributed by atoms with Crippen LogP contribution in [0.1, 0.15) is 13.3 Å². The molecule has 94 valence electrons. The summed E-state index contributed by atoms with van der Waals surface area (Å²) in [7, 11) is 0. The second-order valence-electron chi connectivity index (χ2n) is 4.09. The third-order valence-electron chi connectivity index (χ3n) is 2.57. The number of ether oxygens (including phenoxy) is 1. The molecular formula is C15H18N2O. The lowest BCUT2D eigenvalue weighted by atomic mass is 10.2. The van der Waals surface area contributed by atoms with E-state index in [1.54, 1.807) is 0 Å². The monoisotopic (exact) mass is 242 g/mol. The molecule has 2 aromatic carbocycles. The Labute approximate surface area is 108 Å². The smallest absolute Gasteiger partial charge is 0.119 e. The zero-order valence-corrected chi connectivity index (χ0v) is 10.5. The summed E-state index contributed by atoms with van der Waals surface area (Å²) in [6.45, 7) is 2.84. The van der Waals surface area contributed by atoms with E-state index in [4.69, 9.17) is 10.5 Å². The maximum atomic E-state index is 5.88. The summed E-state index contributed by atoms with van der Waals surface area (Å²) in [6.07, 6.45) is 1.01. The van der Waals surface area contributed by atoms with Gasteiger partial charge in [-0.3, -0.25) is 0 Å². The maximum Gasteiger partial charge on any atom is 0.119 e. The summed E-state index contributed by atoms with van der Waals surface area (Å²) >= 11 is 0. The SMILES string of the molecule is CCCOc1ccc(Nc2ccccc2N)cc1. The van der Waals surface area contributed by atoms with Crippen molar-refractivity contribution in [2.45, 2.75) is 13.3 Å². The molecule has 0 aliphatic heterocycles. The van der Waals surface area contributed by atoms with E-state index in [2.05, 4.69) is 12.2 Å². The molecule has 0 fully saturated rings. The molecule has 0 heterocycles. The Balaban J connectivity index is 2.04. The van der Waals surface area contributed by atoms with Gasteiger partial charge < -0.3 is 15.8 Å². The molecule has 0 radical (unpaired) electrons. The number of anilines is 3. The first kappa shape index (κ1) is 12.3. The first-order valence-corrected chi connectivity index (χ1v) is 6.14. The fourth-order valence-electron chi connectivity index (χ4n) is 1.62. The van der Waals surface area contributed by atoms with Crippen LogP contribution in [0, 0.1) is 0 Å². The van der Waals surface area contributed by atoms with Crippen LogP contribution in [-0.4, -0.2) is 6.61 Å². The van der Waals surface area contributed by atoms with Crippen molar-refractivity contribution in [2.24, 2.45) is 0 Å². The Hall–Kier alpha value is -2.16. The maximum absolute atomic E-state index is 5.88. The fourth-order valence-corrected chi connectivity index (χ4v) is 1.62. The van der Waals surface area contributed by atoms with E-state index in [0.29, 0.717) is 0 Å². The number of rotatable bonds is 5. The van der Waals surface area contributed by atoms with Gasteiger partial charge in [0.1, 0.15) is 5.75 Å². The van der Waals surface area contributed by atoms with Crippen molar-refractivity contribution in [2.75, 3.05) is 17.7 Å². The Kier molecular flexibility index (Phi) is 4.07. The van der Waals surface area contributed by atoms with Crippen LogP contribution in [0.15, 0.2) is 48.5 Å². The fraction of sp³-hybridized carbons (Fsp3) is 0.200. The van der Waals surface area contributed by atoms with Gasteiger partial charge in [0.15, 0.2) is 0 Å². The highest BCUT2D eigenvalue weighted by molar-refractivity contribution is 5.72. The quantitative estimate of drug-likeness (QED) is 0.784. The van der Waals surface area contributed by atoms with Crippen LogP contribution in [0.4, 0.5) is 17.1 Å². The number of nitrogens with two attached hydrogens (primary N) is 1. The van der Waals surface area contributed by atoms with Gasteiger partial charge in [-0.1, -0.05) is 19.1 Å². The molecule has 0 saturated carbocycles. The number of nitrogen functional groups attached to an aromatic ring is 1. The highest BCUT2D eigenvalue weighted by atomic mass is 16.5. The molecule has 3 N–H and O–H groups in total. The van der Waals surface area contributed by atoms with Gasteiger partial charge in [-0.25, -0.2) is 0 Å². The number of nitrogens with one attached hydrogen (secondary N) is 1. The van der Waals surface area contributed by atoms with Crippen molar-refractivity contribution >= 4 is 17.1 Å². The predicted molar refractivity (Wildman–Crippen MR) is 76.4 cm³/mol. The van der Waals surface area contributed by atoms with Gasteiger partial charge in [-0.05, 0) is 42.8 Å². The zero-order valence-electron chi connectivity index (χ0n) is 10.5. The molecular weight excluding hydrogens is 224 g/mol. The summed E-state index contributed by atoms with van der Waals surface area (Å²) in [5, 5.41) is 3.27. The van der Waals surface area contributed by atoms with E-state index in [-0.39, 0.29) is 0 Å². The van der Waals surface area contributed by atoms with Gasteiger partial charge in [0.05, 0.1) is 18.0 Å². The van der Waals surface area contributed by atoms with Crippen molar-refractivity contribution in [3.05, 3.63) is 48.5 Å². The molecule has 0 atom stereocenters. The standard InChI is InChI=1S/C15H18N2O/c1-2-11-18-13-9-7-12(8-10-13)17-15-6-4-3-5-14(15)16/h3-10,17H,2,11,16H2,1H3. The molecule has 0 aromatic heterocycles. The third-order valence-corrected chi connectivity index (χ3v) is 2.57. The molecule has 0 aliphatic rings.